The highest BCUT2D eigenvalue weighted by Crippen LogP contribution is 2.13. The molecule has 0 saturated heterocycles. The maximum absolute atomic E-state index is 11.2. The molecule has 0 heterocycles. The lowest BCUT2D eigenvalue weighted by Crippen LogP contribution is -2.49. The average Bonchev–Trinajstić information content (AvgIpc) is 1.98. The number of hydrogen-bond donors (Lipinski definition) is 2. The molecule has 5 nitrogen and oxygen atoms in total. The maximum Gasteiger partial charge on any atom is 0.321 e. The summed E-state index contributed by atoms with van der Waals surface area (Å²) in [5, 5.41) is 9.15. The molecular weight excluding hydrogens is 208 g/mol. The van der Waals surface area contributed by atoms with Gasteiger partial charge in [0.25, 0.3) is 0 Å². The molecule has 0 aliphatic carbocycles. The first-order chi connectivity index (χ1) is 7.25. The van der Waals surface area contributed by atoms with Crippen molar-refractivity contribution in [1.82, 2.24) is 4.90 Å². The molecule has 1 amide bonds. The van der Waals surface area contributed by atoms with Crippen LogP contribution in [0.1, 0.15) is 27.7 Å². The molecule has 0 rings (SSSR count). The van der Waals surface area contributed by atoms with Crippen LogP contribution in [0.5, 0.6) is 0 Å². The molecule has 94 valence electrons. The van der Waals surface area contributed by atoms with Gasteiger partial charge in [0, 0.05) is 6.54 Å². The van der Waals surface area contributed by atoms with Crippen LogP contribution in [-0.2, 0) is 9.59 Å². The Morgan fingerprint density at radius 2 is 1.75 bits per heavy atom. The fourth-order valence-corrected chi connectivity index (χ4v) is 1.81. The minimum absolute atomic E-state index is 0.00662. The molecule has 0 radical (unpaired) electrons. The Morgan fingerprint density at radius 3 is 2.00 bits per heavy atom. The molecule has 16 heavy (non-hydrogen) atoms. The van der Waals surface area contributed by atoms with Crippen LogP contribution in [0.2, 0.25) is 0 Å². The van der Waals surface area contributed by atoms with Crippen LogP contribution in [0.3, 0.4) is 0 Å². The van der Waals surface area contributed by atoms with E-state index in [0.717, 1.165) is 0 Å². The van der Waals surface area contributed by atoms with Crippen molar-refractivity contribution in [3.05, 3.63) is 0 Å². The summed E-state index contributed by atoms with van der Waals surface area (Å²) in [6.07, 6.45) is 0. The quantitative estimate of drug-likeness (QED) is 0.668. The van der Waals surface area contributed by atoms with Crippen LogP contribution in [0, 0.1) is 11.8 Å². The van der Waals surface area contributed by atoms with Gasteiger partial charge in [-0.2, -0.15) is 0 Å². The molecule has 0 saturated carbocycles. The number of hydrogen-bond acceptors (Lipinski definition) is 3. The molecule has 0 aromatic rings. The van der Waals surface area contributed by atoms with Gasteiger partial charge in [-0.1, -0.05) is 27.7 Å². The molecule has 0 spiro atoms. The molecule has 0 aliphatic rings. The fraction of sp³-hybridized carbons (Fsp3) is 0.818. The Bertz CT molecular complexity index is 252. The Hall–Kier alpha value is -1.10. The van der Waals surface area contributed by atoms with Crippen molar-refractivity contribution < 1.29 is 14.7 Å². The van der Waals surface area contributed by atoms with Gasteiger partial charge in [-0.05, 0) is 11.8 Å². The van der Waals surface area contributed by atoms with Crippen molar-refractivity contribution in [2.45, 2.75) is 33.7 Å². The number of nitrogens with two attached hydrogens (primary N) is 1. The molecule has 0 bridgehead atoms. The zero-order valence-corrected chi connectivity index (χ0v) is 10.4. The van der Waals surface area contributed by atoms with Gasteiger partial charge in [0.15, 0.2) is 0 Å². The van der Waals surface area contributed by atoms with Crippen LogP contribution in [0.25, 0.3) is 0 Å². The first-order valence-corrected chi connectivity index (χ1v) is 5.50. The van der Waals surface area contributed by atoms with Crippen molar-refractivity contribution in [3.8, 4) is 0 Å². The Balaban J connectivity index is 4.80. The van der Waals surface area contributed by atoms with E-state index in [1.54, 1.807) is 4.90 Å². The van der Waals surface area contributed by atoms with Crippen molar-refractivity contribution in [2.75, 3.05) is 13.1 Å². The molecular formula is C11H22N2O3. The summed E-state index contributed by atoms with van der Waals surface area (Å²) in [5.74, 6) is -1.17. The second-order valence-corrected chi connectivity index (χ2v) is 4.82. The van der Waals surface area contributed by atoms with Crippen molar-refractivity contribution in [1.29, 1.82) is 0 Å². The number of amides is 1. The number of rotatable bonds is 7. The number of nitrogens with zero attached hydrogens (tertiary/aromatic N) is 1. The summed E-state index contributed by atoms with van der Waals surface area (Å²) in [6, 6.07) is -0.658. The third kappa shape index (κ3) is 5.11. The van der Waals surface area contributed by atoms with Gasteiger partial charge in [-0.3, -0.25) is 14.5 Å². The predicted molar refractivity (Wildman–Crippen MR) is 61.9 cm³/mol. The first-order valence-electron chi connectivity index (χ1n) is 5.50. The van der Waals surface area contributed by atoms with E-state index in [-0.39, 0.29) is 12.5 Å². The predicted octanol–water partition coefficient (Wildman–Crippen LogP) is 0.539. The van der Waals surface area contributed by atoms with Gasteiger partial charge in [0.1, 0.15) is 6.04 Å². The van der Waals surface area contributed by atoms with Gasteiger partial charge in [-0.25, -0.2) is 0 Å². The first kappa shape index (κ1) is 14.9. The van der Waals surface area contributed by atoms with Gasteiger partial charge >= 0.3 is 5.97 Å². The van der Waals surface area contributed by atoms with Crippen LogP contribution in [-0.4, -0.2) is 41.0 Å². The molecule has 0 aliphatic heterocycles. The summed E-state index contributed by atoms with van der Waals surface area (Å²) in [7, 11) is 0. The zero-order valence-electron chi connectivity index (χ0n) is 10.4. The van der Waals surface area contributed by atoms with E-state index < -0.39 is 17.9 Å². The van der Waals surface area contributed by atoms with Crippen LogP contribution in [0.15, 0.2) is 0 Å². The Morgan fingerprint density at radius 1 is 1.25 bits per heavy atom. The summed E-state index contributed by atoms with van der Waals surface area (Å²) < 4.78 is 0. The van der Waals surface area contributed by atoms with Gasteiger partial charge in [0.05, 0.1) is 6.54 Å². The molecule has 1 unspecified atom stereocenters. The second kappa shape index (κ2) is 6.48. The van der Waals surface area contributed by atoms with E-state index in [1.165, 1.54) is 0 Å². The number of carbonyl (C=O) groups is 2. The minimum Gasteiger partial charge on any atom is -0.480 e. The summed E-state index contributed by atoms with van der Waals surface area (Å²) >= 11 is 0. The topological polar surface area (TPSA) is 83.6 Å². The Kier molecular flexibility index (Phi) is 6.03. The van der Waals surface area contributed by atoms with Crippen LogP contribution >= 0.6 is 0 Å². The molecule has 0 fully saturated rings. The average molecular weight is 230 g/mol. The lowest BCUT2D eigenvalue weighted by molar-refractivity contribution is -0.145. The summed E-state index contributed by atoms with van der Waals surface area (Å²) in [5.41, 5.74) is 5.13. The molecule has 1 atom stereocenters. The number of carbonyl (C=O) groups excluding carboxylic acids is 1. The van der Waals surface area contributed by atoms with Crippen molar-refractivity contribution >= 4 is 11.9 Å². The highest BCUT2D eigenvalue weighted by Gasteiger charge is 2.29. The standard InChI is InChI=1S/C11H22N2O3/c1-7(2)5-13(6-9(12)14)10(8(3)4)11(15)16/h7-8,10H,5-6H2,1-4H3,(H2,12,14)(H,15,16). The van der Waals surface area contributed by atoms with E-state index in [9.17, 15) is 9.59 Å². The van der Waals surface area contributed by atoms with Gasteiger partial charge in [-0.15, -0.1) is 0 Å². The van der Waals surface area contributed by atoms with Crippen LogP contribution in [0.4, 0.5) is 0 Å². The highest BCUT2D eigenvalue weighted by atomic mass is 16.4. The normalized spacial score (nSPS) is 13.4. The SMILES string of the molecule is CC(C)CN(CC(N)=O)C(C(=O)O)C(C)C. The maximum atomic E-state index is 11.2. The summed E-state index contributed by atoms with van der Waals surface area (Å²) in [4.78, 5) is 23.7. The minimum atomic E-state index is -0.906. The third-order valence-electron chi connectivity index (χ3n) is 2.24. The number of carboxylic acid groups (broad SMARTS) is 1. The van der Waals surface area contributed by atoms with E-state index in [1.807, 2.05) is 27.7 Å². The van der Waals surface area contributed by atoms with E-state index in [4.69, 9.17) is 10.8 Å². The van der Waals surface area contributed by atoms with Crippen molar-refractivity contribution in [3.63, 3.8) is 0 Å². The molecule has 0 aromatic carbocycles. The van der Waals surface area contributed by atoms with Gasteiger partial charge in [0.2, 0.25) is 5.91 Å². The lowest BCUT2D eigenvalue weighted by atomic mass is 10.0. The van der Waals surface area contributed by atoms with E-state index >= 15 is 0 Å². The lowest BCUT2D eigenvalue weighted by Gasteiger charge is -2.31. The monoisotopic (exact) mass is 230 g/mol. The largest absolute Gasteiger partial charge is 0.480 e. The van der Waals surface area contributed by atoms with E-state index in [2.05, 4.69) is 0 Å². The van der Waals surface area contributed by atoms with Crippen molar-refractivity contribution in [2.24, 2.45) is 17.6 Å². The number of primary amides is 1. The zero-order chi connectivity index (χ0) is 12.9. The van der Waals surface area contributed by atoms with Gasteiger partial charge < -0.3 is 10.8 Å². The number of carboxylic acids is 1. The van der Waals surface area contributed by atoms with Crippen LogP contribution < -0.4 is 5.73 Å². The van der Waals surface area contributed by atoms with E-state index in [0.29, 0.717) is 12.5 Å². The highest BCUT2D eigenvalue weighted by molar-refractivity contribution is 5.78. The molecule has 5 heteroatoms. The second-order valence-electron chi connectivity index (χ2n) is 4.82. The Labute approximate surface area is 96.6 Å². The smallest absolute Gasteiger partial charge is 0.321 e. The third-order valence-corrected chi connectivity index (χ3v) is 2.24. The number of aliphatic carboxylic acids is 1. The summed E-state index contributed by atoms with van der Waals surface area (Å²) in [6.45, 7) is 8.16. The molecule has 3 N–H and O–H groups in total. The fourth-order valence-electron chi connectivity index (χ4n) is 1.81. The molecule has 0 aromatic heterocycles.